The van der Waals surface area contributed by atoms with Crippen LogP contribution in [0.4, 0.5) is 5.13 Å². The van der Waals surface area contributed by atoms with E-state index in [1.54, 1.807) is 11.3 Å². The first-order chi connectivity index (χ1) is 10.7. The Morgan fingerprint density at radius 2 is 2.18 bits per heavy atom. The summed E-state index contributed by atoms with van der Waals surface area (Å²) in [7, 11) is 0. The number of nitriles is 1. The third-order valence-corrected chi connectivity index (χ3v) is 4.62. The van der Waals surface area contributed by atoms with Crippen molar-refractivity contribution in [3.63, 3.8) is 0 Å². The van der Waals surface area contributed by atoms with E-state index in [0.717, 1.165) is 35.1 Å². The molecular formula is C17H18N4S. The number of benzene rings is 1. The average Bonchev–Trinajstić information content (AvgIpc) is 3.02. The predicted molar refractivity (Wildman–Crippen MR) is 91.0 cm³/mol. The number of nitrogens with one attached hydrogen (secondary N) is 1. The van der Waals surface area contributed by atoms with E-state index >= 15 is 0 Å². The molecule has 1 saturated carbocycles. The molecule has 1 heterocycles. The molecule has 2 aromatic rings. The number of aromatic nitrogens is 1. The Bertz CT molecular complexity index is 709. The van der Waals surface area contributed by atoms with E-state index < -0.39 is 0 Å². The highest BCUT2D eigenvalue weighted by Crippen LogP contribution is 2.26. The first-order valence-electron chi connectivity index (χ1n) is 7.52. The summed E-state index contributed by atoms with van der Waals surface area (Å²) in [5, 5.41) is 16.2. The van der Waals surface area contributed by atoms with Crippen molar-refractivity contribution in [1.29, 1.82) is 5.26 Å². The van der Waals surface area contributed by atoms with Gasteiger partial charge in [0.1, 0.15) is 0 Å². The van der Waals surface area contributed by atoms with Crippen molar-refractivity contribution in [2.75, 3.05) is 5.43 Å². The Kier molecular flexibility index (Phi) is 4.50. The van der Waals surface area contributed by atoms with E-state index in [0.29, 0.717) is 5.56 Å². The van der Waals surface area contributed by atoms with E-state index in [4.69, 9.17) is 5.26 Å². The normalized spacial score (nSPS) is 19.8. The van der Waals surface area contributed by atoms with Crippen molar-refractivity contribution in [1.82, 2.24) is 4.98 Å². The monoisotopic (exact) mass is 310 g/mol. The minimum atomic E-state index is 0.662. The van der Waals surface area contributed by atoms with Crippen LogP contribution in [-0.4, -0.2) is 10.7 Å². The first-order valence-corrected chi connectivity index (χ1v) is 8.40. The van der Waals surface area contributed by atoms with Crippen LogP contribution in [0.3, 0.4) is 0 Å². The molecule has 0 unspecified atom stereocenters. The van der Waals surface area contributed by atoms with Crippen LogP contribution in [-0.2, 0) is 0 Å². The molecular weight excluding hydrogens is 292 g/mol. The molecule has 1 aromatic heterocycles. The molecule has 0 radical (unpaired) electrons. The molecule has 0 saturated heterocycles. The Morgan fingerprint density at radius 3 is 2.91 bits per heavy atom. The summed E-state index contributed by atoms with van der Waals surface area (Å²) in [5.41, 5.74) is 6.92. The third-order valence-electron chi connectivity index (χ3n) is 3.87. The highest BCUT2D eigenvalue weighted by Gasteiger charge is 2.14. The summed E-state index contributed by atoms with van der Waals surface area (Å²) in [6, 6.07) is 9.59. The van der Waals surface area contributed by atoms with Gasteiger partial charge in [0.2, 0.25) is 5.13 Å². The SMILES string of the molecule is C[C@@H]1CCC/C(=N\Nc2nc(-c3ccc(C#N)cc3)cs2)C1. The van der Waals surface area contributed by atoms with Gasteiger partial charge in [0.25, 0.3) is 0 Å². The molecule has 1 N–H and O–H groups in total. The molecule has 22 heavy (non-hydrogen) atoms. The van der Waals surface area contributed by atoms with Gasteiger partial charge in [-0.25, -0.2) is 4.98 Å². The number of hydrazone groups is 1. The number of hydrogen-bond donors (Lipinski definition) is 1. The van der Waals surface area contributed by atoms with Gasteiger partial charge in [-0.2, -0.15) is 10.4 Å². The largest absolute Gasteiger partial charge is 0.253 e. The highest BCUT2D eigenvalue weighted by atomic mass is 32.1. The van der Waals surface area contributed by atoms with Crippen LogP contribution < -0.4 is 5.43 Å². The maximum absolute atomic E-state index is 8.83. The molecule has 1 aliphatic rings. The smallest absolute Gasteiger partial charge is 0.203 e. The maximum Gasteiger partial charge on any atom is 0.203 e. The zero-order chi connectivity index (χ0) is 15.4. The summed E-state index contributed by atoms with van der Waals surface area (Å²) in [6.07, 6.45) is 4.71. The van der Waals surface area contributed by atoms with Crippen LogP contribution >= 0.6 is 11.3 Å². The van der Waals surface area contributed by atoms with Gasteiger partial charge in [0, 0.05) is 16.7 Å². The van der Waals surface area contributed by atoms with Crippen LogP contribution in [0.15, 0.2) is 34.7 Å². The molecule has 0 aliphatic heterocycles. The molecule has 4 nitrogen and oxygen atoms in total. The van der Waals surface area contributed by atoms with Crippen LogP contribution in [0.1, 0.15) is 38.2 Å². The minimum Gasteiger partial charge on any atom is -0.253 e. The second-order valence-corrected chi connectivity index (χ2v) is 6.58. The zero-order valence-electron chi connectivity index (χ0n) is 12.5. The lowest BCUT2D eigenvalue weighted by atomic mass is 9.89. The number of rotatable bonds is 3. The second kappa shape index (κ2) is 6.71. The Hall–Kier alpha value is -2.19. The highest BCUT2D eigenvalue weighted by molar-refractivity contribution is 7.14. The minimum absolute atomic E-state index is 0.662. The standard InChI is InChI=1S/C17H18N4S/c1-12-3-2-4-15(9-12)20-21-17-19-16(11-22-17)14-7-5-13(10-18)6-8-14/h5-8,11-12H,2-4,9H2,1H3,(H,19,21)/b20-15+/t12-/m1/s1. The van der Waals surface area contributed by atoms with Gasteiger partial charge in [-0.05, 0) is 43.7 Å². The molecule has 0 bridgehead atoms. The van der Waals surface area contributed by atoms with Gasteiger partial charge in [0.15, 0.2) is 0 Å². The third kappa shape index (κ3) is 3.52. The summed E-state index contributed by atoms with van der Waals surface area (Å²) < 4.78 is 0. The molecule has 1 fully saturated rings. The van der Waals surface area contributed by atoms with Crippen molar-refractivity contribution >= 4 is 22.2 Å². The van der Waals surface area contributed by atoms with E-state index in [1.165, 1.54) is 18.6 Å². The molecule has 3 rings (SSSR count). The first kappa shape index (κ1) is 14.7. The molecule has 0 spiro atoms. The number of hydrogen-bond acceptors (Lipinski definition) is 5. The lowest BCUT2D eigenvalue weighted by molar-refractivity contribution is 0.500. The molecule has 5 heteroatoms. The van der Waals surface area contributed by atoms with E-state index in [2.05, 4.69) is 28.5 Å². The van der Waals surface area contributed by atoms with E-state index in [1.807, 2.05) is 29.6 Å². The van der Waals surface area contributed by atoms with Gasteiger partial charge in [-0.3, -0.25) is 5.43 Å². The topological polar surface area (TPSA) is 61.1 Å². The lowest BCUT2D eigenvalue weighted by Gasteiger charge is -2.18. The van der Waals surface area contributed by atoms with E-state index in [-0.39, 0.29) is 0 Å². The van der Waals surface area contributed by atoms with Crippen molar-refractivity contribution in [2.24, 2.45) is 11.0 Å². The van der Waals surface area contributed by atoms with Crippen LogP contribution in [0, 0.1) is 17.2 Å². The van der Waals surface area contributed by atoms with Gasteiger partial charge in [-0.1, -0.05) is 19.1 Å². The van der Waals surface area contributed by atoms with Crippen LogP contribution in [0.5, 0.6) is 0 Å². The molecule has 112 valence electrons. The summed E-state index contributed by atoms with van der Waals surface area (Å²) in [4.78, 5) is 4.56. The Labute approximate surface area is 134 Å². The summed E-state index contributed by atoms with van der Waals surface area (Å²) in [6.45, 7) is 2.28. The van der Waals surface area contributed by atoms with Crippen LogP contribution in [0.25, 0.3) is 11.3 Å². The maximum atomic E-state index is 8.83. The number of thiazole rings is 1. The van der Waals surface area contributed by atoms with Crippen molar-refractivity contribution < 1.29 is 0 Å². The Morgan fingerprint density at radius 1 is 1.36 bits per heavy atom. The second-order valence-electron chi connectivity index (χ2n) is 5.72. The summed E-state index contributed by atoms with van der Waals surface area (Å²) in [5.74, 6) is 0.736. The molecule has 1 atom stereocenters. The predicted octanol–water partition coefficient (Wildman–Crippen LogP) is 4.66. The van der Waals surface area contributed by atoms with E-state index in [9.17, 15) is 0 Å². The number of nitrogens with zero attached hydrogens (tertiary/aromatic N) is 3. The lowest BCUT2D eigenvalue weighted by Crippen LogP contribution is -2.13. The number of anilines is 1. The van der Waals surface area contributed by atoms with Gasteiger partial charge >= 0.3 is 0 Å². The molecule has 1 aromatic carbocycles. The average molecular weight is 310 g/mol. The molecule has 1 aliphatic carbocycles. The van der Waals surface area contributed by atoms with Gasteiger partial charge < -0.3 is 0 Å². The van der Waals surface area contributed by atoms with Crippen molar-refractivity contribution in [3.05, 3.63) is 35.2 Å². The van der Waals surface area contributed by atoms with Crippen LogP contribution in [0.2, 0.25) is 0 Å². The van der Waals surface area contributed by atoms with Gasteiger partial charge in [0.05, 0.1) is 17.3 Å². The molecule has 0 amide bonds. The fourth-order valence-electron chi connectivity index (χ4n) is 2.66. The van der Waals surface area contributed by atoms with Gasteiger partial charge in [-0.15, -0.1) is 11.3 Å². The zero-order valence-corrected chi connectivity index (χ0v) is 13.4. The fourth-order valence-corrected chi connectivity index (χ4v) is 3.32. The Balaban J connectivity index is 1.68. The quantitative estimate of drug-likeness (QED) is 0.839. The van der Waals surface area contributed by atoms with Crippen molar-refractivity contribution in [2.45, 2.75) is 32.6 Å². The fraction of sp³-hybridized carbons (Fsp3) is 0.353. The summed E-state index contributed by atoms with van der Waals surface area (Å²) >= 11 is 1.55. The van der Waals surface area contributed by atoms with Crippen molar-refractivity contribution in [3.8, 4) is 17.3 Å².